The molecular formula is C16H27O3P. The van der Waals surface area contributed by atoms with Gasteiger partial charge in [-0.05, 0) is 31.4 Å². The van der Waals surface area contributed by atoms with Gasteiger partial charge in [0.1, 0.15) is 5.75 Å². The van der Waals surface area contributed by atoms with E-state index in [2.05, 4.69) is 13.8 Å². The zero-order valence-electron chi connectivity index (χ0n) is 12.9. The highest BCUT2D eigenvalue weighted by atomic mass is 31.2. The van der Waals surface area contributed by atoms with Gasteiger partial charge in [-0.15, -0.1) is 0 Å². The van der Waals surface area contributed by atoms with Crippen molar-refractivity contribution in [1.29, 1.82) is 0 Å². The smallest absolute Gasteiger partial charge is 0.379 e. The monoisotopic (exact) mass is 298 g/mol. The quantitative estimate of drug-likeness (QED) is 0.418. The molecule has 0 radical (unpaired) electrons. The van der Waals surface area contributed by atoms with Crippen molar-refractivity contribution in [2.75, 3.05) is 12.8 Å². The van der Waals surface area contributed by atoms with E-state index in [-0.39, 0.29) is 0 Å². The van der Waals surface area contributed by atoms with E-state index in [9.17, 15) is 4.57 Å². The zero-order valence-corrected chi connectivity index (χ0v) is 13.8. The summed E-state index contributed by atoms with van der Waals surface area (Å²) in [6.07, 6.45) is 5.49. The van der Waals surface area contributed by atoms with Crippen LogP contribution in [0.15, 0.2) is 24.3 Å². The molecule has 0 N–H and O–H groups in total. The molecule has 0 amide bonds. The summed E-state index contributed by atoms with van der Waals surface area (Å²) in [5.41, 5.74) is 0.987. The fourth-order valence-electron chi connectivity index (χ4n) is 1.85. The van der Waals surface area contributed by atoms with Crippen LogP contribution in [0.1, 0.15) is 51.5 Å². The Morgan fingerprint density at radius 2 is 1.75 bits per heavy atom. The molecule has 1 rings (SSSR count). The van der Waals surface area contributed by atoms with Crippen LogP contribution in [0.25, 0.3) is 0 Å². The van der Waals surface area contributed by atoms with Gasteiger partial charge >= 0.3 is 7.60 Å². The first-order valence-corrected chi connectivity index (χ1v) is 9.33. The lowest BCUT2D eigenvalue weighted by molar-refractivity contribution is 0.257. The Labute approximate surface area is 123 Å². The number of hydrogen-bond acceptors (Lipinski definition) is 3. The lowest BCUT2D eigenvalue weighted by atomic mass is 10.2. The highest BCUT2D eigenvalue weighted by Crippen LogP contribution is 2.49. The first-order chi connectivity index (χ1) is 9.61. The highest BCUT2D eigenvalue weighted by molar-refractivity contribution is 7.54. The van der Waals surface area contributed by atoms with Gasteiger partial charge in [-0.3, -0.25) is 4.52 Å². The zero-order chi connectivity index (χ0) is 14.8. The van der Waals surface area contributed by atoms with E-state index in [1.165, 1.54) is 0 Å². The fraction of sp³-hybridized carbons (Fsp3) is 0.625. The predicted molar refractivity (Wildman–Crippen MR) is 84.7 cm³/mol. The molecule has 0 saturated carbocycles. The molecule has 0 bridgehead atoms. The summed E-state index contributed by atoms with van der Waals surface area (Å²) in [6.45, 7) is 6.69. The van der Waals surface area contributed by atoms with Crippen molar-refractivity contribution in [1.82, 2.24) is 0 Å². The third-order valence-corrected chi connectivity index (χ3v) is 5.07. The van der Waals surface area contributed by atoms with E-state index in [0.29, 0.717) is 18.5 Å². The molecule has 1 aromatic rings. The molecule has 114 valence electrons. The predicted octanol–water partition coefficient (Wildman–Crippen LogP) is 5.57. The summed E-state index contributed by atoms with van der Waals surface area (Å²) in [7, 11) is -3.02. The summed E-state index contributed by atoms with van der Waals surface area (Å²) in [5.74, 6) is 0.669. The second kappa shape index (κ2) is 9.20. The van der Waals surface area contributed by atoms with Crippen LogP contribution in [0.2, 0.25) is 0 Å². The molecule has 1 aromatic carbocycles. The lowest BCUT2D eigenvalue weighted by Gasteiger charge is -2.20. The third-order valence-electron chi connectivity index (χ3n) is 3.15. The molecule has 0 aliphatic carbocycles. The van der Waals surface area contributed by atoms with Crippen molar-refractivity contribution in [3.05, 3.63) is 29.8 Å². The average molecular weight is 298 g/mol. The van der Waals surface area contributed by atoms with Crippen molar-refractivity contribution < 1.29 is 13.6 Å². The van der Waals surface area contributed by atoms with Gasteiger partial charge in [-0.1, -0.05) is 51.3 Å². The van der Waals surface area contributed by atoms with Crippen molar-refractivity contribution >= 4 is 7.60 Å². The molecule has 0 aliphatic heterocycles. The Hall–Kier alpha value is -0.790. The maximum Gasteiger partial charge on any atom is 0.379 e. The van der Waals surface area contributed by atoms with Gasteiger partial charge in [-0.25, -0.2) is 4.57 Å². The summed E-state index contributed by atoms with van der Waals surface area (Å²) >= 11 is 0. The van der Waals surface area contributed by atoms with E-state index in [0.717, 1.165) is 37.7 Å². The molecular weight excluding hydrogens is 271 g/mol. The second-order valence-electron chi connectivity index (χ2n) is 5.09. The Bertz CT molecular complexity index is 431. The summed E-state index contributed by atoms with van der Waals surface area (Å²) in [4.78, 5) is 0. The summed E-state index contributed by atoms with van der Waals surface area (Å²) < 4.78 is 24.2. The molecule has 0 heterocycles. The molecule has 0 saturated heterocycles. The van der Waals surface area contributed by atoms with Crippen LogP contribution in [0.4, 0.5) is 0 Å². The molecule has 20 heavy (non-hydrogen) atoms. The number of rotatable bonds is 10. The number of aryl methyl sites for hydroxylation is 1. The van der Waals surface area contributed by atoms with Gasteiger partial charge in [0.25, 0.3) is 0 Å². The maximum absolute atomic E-state index is 12.8. The standard InChI is InChI=1S/C16H27O3P/c1-4-6-10-13-18-20(17,14-7-5-2)19-16-12-9-8-11-15(16)3/h8-9,11-12H,4-7,10,13-14H2,1-3H3. The van der Waals surface area contributed by atoms with Crippen LogP contribution in [0, 0.1) is 6.92 Å². The lowest BCUT2D eigenvalue weighted by Crippen LogP contribution is -2.05. The summed E-state index contributed by atoms with van der Waals surface area (Å²) in [6, 6.07) is 7.64. The Balaban J connectivity index is 2.67. The first-order valence-electron chi connectivity index (χ1n) is 7.60. The maximum atomic E-state index is 12.8. The number of benzene rings is 1. The van der Waals surface area contributed by atoms with E-state index < -0.39 is 7.60 Å². The molecule has 3 nitrogen and oxygen atoms in total. The average Bonchev–Trinajstić information content (AvgIpc) is 2.44. The van der Waals surface area contributed by atoms with E-state index in [1.54, 1.807) is 0 Å². The van der Waals surface area contributed by atoms with Crippen molar-refractivity contribution in [2.45, 2.75) is 52.9 Å². The molecule has 0 spiro atoms. The number of unbranched alkanes of at least 4 members (excludes halogenated alkanes) is 3. The van der Waals surface area contributed by atoms with Crippen LogP contribution in [0.5, 0.6) is 5.75 Å². The molecule has 1 unspecified atom stereocenters. The van der Waals surface area contributed by atoms with Crippen molar-refractivity contribution in [2.24, 2.45) is 0 Å². The van der Waals surface area contributed by atoms with Crippen LogP contribution >= 0.6 is 7.60 Å². The Morgan fingerprint density at radius 1 is 1.05 bits per heavy atom. The Kier molecular flexibility index (Phi) is 7.94. The minimum atomic E-state index is -3.02. The molecule has 0 fully saturated rings. The van der Waals surface area contributed by atoms with Gasteiger partial charge in [0.05, 0.1) is 12.8 Å². The largest absolute Gasteiger partial charge is 0.424 e. The molecule has 0 aromatic heterocycles. The second-order valence-corrected chi connectivity index (χ2v) is 7.19. The van der Waals surface area contributed by atoms with Crippen LogP contribution in [-0.2, 0) is 9.09 Å². The molecule has 0 aliphatic rings. The van der Waals surface area contributed by atoms with E-state index >= 15 is 0 Å². The van der Waals surface area contributed by atoms with Gasteiger partial charge < -0.3 is 4.52 Å². The topological polar surface area (TPSA) is 35.5 Å². The molecule has 4 heteroatoms. The number of hydrogen-bond donors (Lipinski definition) is 0. The van der Waals surface area contributed by atoms with Gasteiger partial charge in [0.15, 0.2) is 0 Å². The minimum absolute atomic E-state index is 0.490. The first kappa shape index (κ1) is 17.3. The van der Waals surface area contributed by atoms with E-state index in [4.69, 9.17) is 9.05 Å². The van der Waals surface area contributed by atoms with Crippen LogP contribution in [-0.4, -0.2) is 12.8 Å². The Morgan fingerprint density at radius 3 is 2.40 bits per heavy atom. The highest BCUT2D eigenvalue weighted by Gasteiger charge is 2.25. The van der Waals surface area contributed by atoms with Gasteiger partial charge in [-0.2, -0.15) is 0 Å². The minimum Gasteiger partial charge on any atom is -0.424 e. The molecule has 1 atom stereocenters. The fourth-order valence-corrected chi connectivity index (χ4v) is 3.74. The summed E-state index contributed by atoms with van der Waals surface area (Å²) in [5, 5.41) is 0. The normalized spacial score (nSPS) is 13.9. The number of para-hydroxylation sites is 1. The van der Waals surface area contributed by atoms with Crippen LogP contribution < -0.4 is 4.52 Å². The SMILES string of the molecule is CCCCCOP(=O)(CCCC)Oc1ccccc1C. The van der Waals surface area contributed by atoms with Gasteiger partial charge in [0, 0.05) is 0 Å². The third kappa shape index (κ3) is 6.11. The van der Waals surface area contributed by atoms with Crippen LogP contribution in [0.3, 0.4) is 0 Å². The van der Waals surface area contributed by atoms with Gasteiger partial charge in [0.2, 0.25) is 0 Å². The van der Waals surface area contributed by atoms with Crippen molar-refractivity contribution in [3.8, 4) is 5.75 Å². The van der Waals surface area contributed by atoms with Crippen molar-refractivity contribution in [3.63, 3.8) is 0 Å². The van der Waals surface area contributed by atoms with E-state index in [1.807, 2.05) is 31.2 Å².